The molecular weight excluding hydrogens is 308 g/mol. The number of benzene rings is 2. The molecule has 3 rings (SSSR count). The minimum atomic E-state index is 0.429. The number of nitrogens with zero attached hydrogens (tertiary/aromatic N) is 3. The molecule has 0 aliphatic rings. The molecule has 0 atom stereocenters. The summed E-state index contributed by atoms with van der Waals surface area (Å²) >= 11 is 6.23. The minimum Gasteiger partial charge on any atom is -0.387 e. The molecule has 3 aromatic rings. The lowest BCUT2D eigenvalue weighted by Gasteiger charge is -2.08. The van der Waals surface area contributed by atoms with Crippen molar-refractivity contribution in [3.63, 3.8) is 0 Å². The van der Waals surface area contributed by atoms with Gasteiger partial charge in [-0.05, 0) is 36.2 Å². The van der Waals surface area contributed by atoms with Crippen molar-refractivity contribution in [2.75, 3.05) is 0 Å². The third kappa shape index (κ3) is 3.01. The van der Waals surface area contributed by atoms with E-state index < -0.39 is 0 Å². The van der Waals surface area contributed by atoms with E-state index in [0.29, 0.717) is 22.2 Å². The molecule has 0 bridgehead atoms. The lowest BCUT2D eigenvalue weighted by molar-refractivity contribution is 1.29. The van der Waals surface area contributed by atoms with Crippen molar-refractivity contribution in [3.8, 4) is 17.2 Å². The van der Waals surface area contributed by atoms with Crippen LogP contribution in [0.2, 0.25) is 5.02 Å². The van der Waals surface area contributed by atoms with Gasteiger partial charge in [-0.2, -0.15) is 5.26 Å². The number of hydrogen-bond donors (Lipinski definition) is 1. The Morgan fingerprint density at radius 1 is 1.17 bits per heavy atom. The third-order valence-corrected chi connectivity index (χ3v) is 3.73. The van der Waals surface area contributed by atoms with Gasteiger partial charge in [0.1, 0.15) is 0 Å². The van der Waals surface area contributed by atoms with Crippen LogP contribution in [0, 0.1) is 11.3 Å². The normalized spacial score (nSPS) is 11.4. The van der Waals surface area contributed by atoms with Gasteiger partial charge in [0.25, 0.3) is 0 Å². The van der Waals surface area contributed by atoms with Crippen LogP contribution in [0.1, 0.15) is 12.5 Å². The van der Waals surface area contributed by atoms with Crippen molar-refractivity contribution < 1.29 is 0 Å². The van der Waals surface area contributed by atoms with Gasteiger partial charge in [0.05, 0.1) is 22.5 Å². The maximum atomic E-state index is 9.05. The predicted molar refractivity (Wildman–Crippen MR) is 93.9 cm³/mol. The highest BCUT2D eigenvalue weighted by atomic mass is 35.5. The van der Waals surface area contributed by atoms with Gasteiger partial charge in [-0.25, -0.2) is 9.98 Å². The first-order valence-corrected chi connectivity index (χ1v) is 7.36. The number of nitrogens with two attached hydrogens (primary N) is 1. The van der Waals surface area contributed by atoms with E-state index in [1.54, 1.807) is 19.2 Å². The molecule has 2 aromatic carbocycles. The average molecular weight is 321 g/mol. The molecule has 1 aromatic heterocycles. The number of amidine groups is 1. The van der Waals surface area contributed by atoms with Crippen LogP contribution in [-0.4, -0.2) is 10.8 Å². The van der Waals surface area contributed by atoms with Crippen LogP contribution in [0.5, 0.6) is 0 Å². The lowest BCUT2D eigenvalue weighted by Crippen LogP contribution is -2.04. The number of rotatable bonds is 2. The molecule has 0 fully saturated rings. The quantitative estimate of drug-likeness (QED) is 0.560. The summed E-state index contributed by atoms with van der Waals surface area (Å²) in [5.41, 5.74) is 8.21. The number of nitriles is 1. The number of hydrogen-bond acceptors (Lipinski definition) is 3. The number of halogens is 1. The van der Waals surface area contributed by atoms with Gasteiger partial charge >= 0.3 is 0 Å². The Labute approximate surface area is 138 Å². The van der Waals surface area contributed by atoms with Crippen LogP contribution in [0.15, 0.2) is 53.7 Å². The molecule has 0 amide bonds. The summed E-state index contributed by atoms with van der Waals surface area (Å²) in [5.74, 6) is 0.959. The summed E-state index contributed by atoms with van der Waals surface area (Å²) in [5, 5.41) is 11.3. The maximum absolute atomic E-state index is 9.05. The Bertz CT molecular complexity index is 966. The second kappa shape index (κ2) is 6.07. The highest BCUT2D eigenvalue weighted by molar-refractivity contribution is 6.35. The van der Waals surface area contributed by atoms with Crippen molar-refractivity contribution >= 4 is 34.0 Å². The molecule has 1 heterocycles. The minimum absolute atomic E-state index is 0.429. The van der Waals surface area contributed by atoms with Crippen molar-refractivity contribution in [2.45, 2.75) is 6.92 Å². The predicted octanol–water partition coefficient (Wildman–Crippen LogP) is 4.44. The number of aliphatic imine (C=N–C) groups is 1. The topological polar surface area (TPSA) is 75.1 Å². The SMILES string of the molecule is CC(N)=Nc1ncc(Cl)c2ccc(-c3cccc(C#N)c3)cc12. The molecule has 0 radical (unpaired) electrons. The van der Waals surface area contributed by atoms with Gasteiger partial charge in [0.2, 0.25) is 0 Å². The Morgan fingerprint density at radius 2 is 1.96 bits per heavy atom. The fourth-order valence-electron chi connectivity index (χ4n) is 2.40. The zero-order valence-electron chi connectivity index (χ0n) is 12.4. The molecule has 2 N–H and O–H groups in total. The first-order valence-electron chi connectivity index (χ1n) is 6.98. The molecule has 0 aliphatic heterocycles. The molecular formula is C18H13ClN4. The summed E-state index contributed by atoms with van der Waals surface area (Å²) in [6.45, 7) is 1.71. The molecule has 112 valence electrons. The number of aromatic nitrogens is 1. The van der Waals surface area contributed by atoms with E-state index in [9.17, 15) is 0 Å². The second-order valence-corrected chi connectivity index (χ2v) is 5.54. The molecule has 0 unspecified atom stereocenters. The molecule has 0 saturated heterocycles. The highest BCUT2D eigenvalue weighted by Gasteiger charge is 2.08. The van der Waals surface area contributed by atoms with E-state index in [1.165, 1.54) is 0 Å². The lowest BCUT2D eigenvalue weighted by atomic mass is 10.0. The van der Waals surface area contributed by atoms with Gasteiger partial charge in [0, 0.05) is 17.0 Å². The summed E-state index contributed by atoms with van der Waals surface area (Å²) < 4.78 is 0. The van der Waals surface area contributed by atoms with Gasteiger partial charge in [0.15, 0.2) is 5.82 Å². The summed E-state index contributed by atoms with van der Waals surface area (Å²) in [6.07, 6.45) is 1.57. The van der Waals surface area contributed by atoms with E-state index >= 15 is 0 Å². The molecule has 5 heteroatoms. The first-order chi connectivity index (χ1) is 11.1. The average Bonchev–Trinajstić information content (AvgIpc) is 2.57. The van der Waals surface area contributed by atoms with Crippen molar-refractivity contribution in [3.05, 3.63) is 59.2 Å². The van der Waals surface area contributed by atoms with E-state index in [4.69, 9.17) is 22.6 Å². The van der Waals surface area contributed by atoms with Crippen molar-refractivity contribution in [1.82, 2.24) is 4.98 Å². The molecule has 4 nitrogen and oxygen atoms in total. The van der Waals surface area contributed by atoms with Crippen molar-refractivity contribution in [2.24, 2.45) is 10.7 Å². The standard InChI is InChI=1S/C18H13ClN4/c1-11(21)23-18-16-8-14(5-6-15(16)17(19)10-22-18)13-4-2-3-12(7-13)9-20/h2-8,10H,1H3,(H2,21,22,23). The van der Waals surface area contributed by atoms with E-state index in [1.807, 2.05) is 36.4 Å². The second-order valence-electron chi connectivity index (χ2n) is 5.14. The molecule has 0 spiro atoms. The zero-order valence-corrected chi connectivity index (χ0v) is 13.2. The van der Waals surface area contributed by atoms with Gasteiger partial charge in [-0.15, -0.1) is 0 Å². The van der Waals surface area contributed by atoms with Gasteiger partial charge < -0.3 is 5.73 Å². The Balaban J connectivity index is 2.25. The van der Waals surface area contributed by atoms with Crippen molar-refractivity contribution in [1.29, 1.82) is 5.26 Å². The summed E-state index contributed by atoms with van der Waals surface area (Å²) in [6, 6.07) is 15.4. The fraction of sp³-hybridized carbons (Fsp3) is 0.0556. The van der Waals surface area contributed by atoms with E-state index in [0.717, 1.165) is 21.9 Å². The van der Waals surface area contributed by atoms with Gasteiger partial charge in [-0.3, -0.25) is 0 Å². The van der Waals surface area contributed by atoms with Crippen LogP contribution in [0.25, 0.3) is 21.9 Å². The number of pyridine rings is 1. The monoisotopic (exact) mass is 320 g/mol. The fourth-order valence-corrected chi connectivity index (χ4v) is 2.61. The molecule has 0 saturated carbocycles. The zero-order chi connectivity index (χ0) is 16.4. The van der Waals surface area contributed by atoms with Crippen LogP contribution in [0.3, 0.4) is 0 Å². The number of fused-ring (bicyclic) bond motifs is 1. The van der Waals surface area contributed by atoms with E-state index in [2.05, 4.69) is 16.0 Å². The highest BCUT2D eigenvalue weighted by Crippen LogP contribution is 2.33. The largest absolute Gasteiger partial charge is 0.387 e. The summed E-state index contributed by atoms with van der Waals surface area (Å²) in [7, 11) is 0. The first kappa shape index (κ1) is 15.0. The third-order valence-electron chi connectivity index (χ3n) is 3.43. The molecule has 0 aliphatic carbocycles. The van der Waals surface area contributed by atoms with Crippen LogP contribution >= 0.6 is 11.6 Å². The molecule has 23 heavy (non-hydrogen) atoms. The maximum Gasteiger partial charge on any atom is 0.161 e. The Hall–Kier alpha value is -2.90. The van der Waals surface area contributed by atoms with E-state index in [-0.39, 0.29) is 0 Å². The summed E-state index contributed by atoms with van der Waals surface area (Å²) in [4.78, 5) is 8.53. The van der Waals surface area contributed by atoms with Crippen LogP contribution in [-0.2, 0) is 0 Å². The Kier molecular flexibility index (Phi) is 3.96. The Morgan fingerprint density at radius 3 is 2.70 bits per heavy atom. The van der Waals surface area contributed by atoms with Gasteiger partial charge in [-0.1, -0.05) is 35.9 Å². The smallest absolute Gasteiger partial charge is 0.161 e. The van der Waals surface area contributed by atoms with Crippen LogP contribution in [0.4, 0.5) is 5.82 Å². The van der Waals surface area contributed by atoms with Crippen LogP contribution < -0.4 is 5.73 Å².